The Balaban J connectivity index is 1.85. The Hall–Kier alpha value is -3.60. The zero-order valence-corrected chi connectivity index (χ0v) is 16.8. The first-order valence-corrected chi connectivity index (χ1v) is 9.68. The minimum atomic E-state index is -0.758. The van der Waals surface area contributed by atoms with Crippen molar-refractivity contribution in [1.29, 1.82) is 0 Å². The van der Waals surface area contributed by atoms with Crippen LogP contribution >= 0.6 is 0 Å². The summed E-state index contributed by atoms with van der Waals surface area (Å²) in [5.74, 6) is -0.702. The number of hydrogen-bond donors (Lipinski definition) is 1. The van der Waals surface area contributed by atoms with Crippen LogP contribution in [0.4, 0.5) is 4.39 Å². The van der Waals surface area contributed by atoms with Crippen LogP contribution in [0, 0.1) is 12.7 Å². The van der Waals surface area contributed by atoms with Gasteiger partial charge in [-0.05, 0) is 24.6 Å². The van der Waals surface area contributed by atoms with E-state index in [4.69, 9.17) is 4.74 Å². The summed E-state index contributed by atoms with van der Waals surface area (Å²) < 4.78 is 20.3. The number of rotatable bonds is 5. The quantitative estimate of drug-likeness (QED) is 0.637. The molecule has 4 nitrogen and oxygen atoms in total. The van der Waals surface area contributed by atoms with Crippen LogP contribution in [0.15, 0.2) is 78.6 Å². The van der Waals surface area contributed by atoms with Crippen molar-refractivity contribution in [3.8, 4) is 5.75 Å². The molecule has 1 N–H and O–H groups in total. The number of amides is 1. The number of carbonyl (C=O) groups excluding carboxylic acids is 1. The average Bonchev–Trinajstić information content (AvgIpc) is 3.00. The Morgan fingerprint density at radius 1 is 1.00 bits per heavy atom. The maximum atomic E-state index is 14.8. The Kier molecular flexibility index (Phi) is 5.27. The van der Waals surface area contributed by atoms with Gasteiger partial charge < -0.3 is 14.7 Å². The van der Waals surface area contributed by atoms with Gasteiger partial charge in [0.1, 0.15) is 11.6 Å². The van der Waals surface area contributed by atoms with E-state index in [9.17, 15) is 14.3 Å². The van der Waals surface area contributed by atoms with E-state index < -0.39 is 17.8 Å². The first-order valence-electron chi connectivity index (χ1n) is 9.68. The summed E-state index contributed by atoms with van der Waals surface area (Å²) in [7, 11) is 1.56. The SMILES string of the molecule is COc1ccccc1CN1C(=O)C(O)=C(c2ccc(C)cc2)[C@H]1c1ccccc1F. The highest BCUT2D eigenvalue weighted by atomic mass is 19.1. The number of hydrogen-bond acceptors (Lipinski definition) is 3. The van der Waals surface area contributed by atoms with Crippen LogP contribution in [0.25, 0.3) is 5.57 Å². The van der Waals surface area contributed by atoms with Crippen molar-refractivity contribution in [3.63, 3.8) is 0 Å². The Bertz CT molecular complexity index is 1120. The van der Waals surface area contributed by atoms with Crippen LogP contribution in [0.2, 0.25) is 0 Å². The van der Waals surface area contributed by atoms with Crippen molar-refractivity contribution in [2.45, 2.75) is 19.5 Å². The van der Waals surface area contributed by atoms with Gasteiger partial charge in [-0.15, -0.1) is 0 Å². The van der Waals surface area contributed by atoms with Gasteiger partial charge in [-0.2, -0.15) is 0 Å². The molecular formula is C25H22FNO3. The number of halogens is 1. The molecule has 0 fully saturated rings. The van der Waals surface area contributed by atoms with Gasteiger partial charge in [-0.25, -0.2) is 4.39 Å². The smallest absolute Gasteiger partial charge is 0.290 e. The van der Waals surface area contributed by atoms with E-state index in [0.717, 1.165) is 11.1 Å². The highest BCUT2D eigenvalue weighted by molar-refractivity contribution is 6.05. The molecule has 1 atom stereocenters. The summed E-state index contributed by atoms with van der Waals surface area (Å²) in [6.07, 6.45) is 0. The standard InChI is InChI=1S/C25H22FNO3/c1-16-11-13-17(14-12-16)22-23(19-8-4-5-9-20(19)26)27(25(29)24(22)28)15-18-7-3-6-10-21(18)30-2/h3-14,23,28H,15H2,1-2H3/t23-/m1/s1. The lowest BCUT2D eigenvalue weighted by molar-refractivity contribution is -0.130. The summed E-state index contributed by atoms with van der Waals surface area (Å²) in [6.45, 7) is 2.13. The molecule has 0 spiro atoms. The molecule has 30 heavy (non-hydrogen) atoms. The molecular weight excluding hydrogens is 381 g/mol. The molecule has 0 aromatic heterocycles. The molecule has 1 aliphatic rings. The van der Waals surface area contributed by atoms with Gasteiger partial charge in [0, 0.05) is 16.7 Å². The maximum Gasteiger partial charge on any atom is 0.290 e. The van der Waals surface area contributed by atoms with Crippen LogP contribution in [0.3, 0.4) is 0 Å². The molecule has 152 valence electrons. The Labute approximate surface area is 174 Å². The van der Waals surface area contributed by atoms with Crippen molar-refractivity contribution in [2.24, 2.45) is 0 Å². The summed E-state index contributed by atoms with van der Waals surface area (Å²) >= 11 is 0. The number of benzene rings is 3. The van der Waals surface area contributed by atoms with Crippen molar-refractivity contribution in [2.75, 3.05) is 7.11 Å². The second-order valence-corrected chi connectivity index (χ2v) is 7.30. The zero-order valence-electron chi connectivity index (χ0n) is 16.8. The highest BCUT2D eigenvalue weighted by Crippen LogP contribution is 2.44. The third kappa shape index (κ3) is 3.43. The lowest BCUT2D eigenvalue weighted by Crippen LogP contribution is -2.30. The van der Waals surface area contributed by atoms with Gasteiger partial charge >= 0.3 is 0 Å². The van der Waals surface area contributed by atoms with E-state index in [1.807, 2.05) is 55.5 Å². The van der Waals surface area contributed by atoms with E-state index in [2.05, 4.69) is 0 Å². The summed E-state index contributed by atoms with van der Waals surface area (Å²) in [6, 6.07) is 20.4. The van der Waals surface area contributed by atoms with Gasteiger partial charge in [0.2, 0.25) is 0 Å². The molecule has 0 saturated carbocycles. The third-order valence-corrected chi connectivity index (χ3v) is 5.40. The van der Waals surface area contributed by atoms with E-state index in [1.165, 1.54) is 11.0 Å². The molecule has 0 radical (unpaired) electrons. The fourth-order valence-corrected chi connectivity index (χ4v) is 3.88. The molecule has 1 amide bonds. The number of methoxy groups -OCH3 is 1. The second-order valence-electron chi connectivity index (χ2n) is 7.30. The molecule has 0 aliphatic carbocycles. The number of aliphatic hydroxyl groups is 1. The van der Waals surface area contributed by atoms with E-state index in [1.54, 1.807) is 25.3 Å². The van der Waals surface area contributed by atoms with Crippen LogP contribution in [0.5, 0.6) is 5.75 Å². The van der Waals surface area contributed by atoms with E-state index >= 15 is 0 Å². The van der Waals surface area contributed by atoms with Crippen molar-refractivity contribution < 1.29 is 19.0 Å². The normalized spacial score (nSPS) is 16.3. The topological polar surface area (TPSA) is 49.8 Å². The van der Waals surface area contributed by atoms with Crippen molar-refractivity contribution >= 4 is 11.5 Å². The van der Waals surface area contributed by atoms with Crippen molar-refractivity contribution in [3.05, 3.63) is 107 Å². The molecule has 5 heteroatoms. The predicted octanol–water partition coefficient (Wildman–Crippen LogP) is 5.20. The van der Waals surface area contributed by atoms with Crippen molar-refractivity contribution in [1.82, 2.24) is 4.90 Å². The predicted molar refractivity (Wildman–Crippen MR) is 113 cm³/mol. The fraction of sp³-hybridized carbons (Fsp3) is 0.160. The number of carbonyl (C=O) groups is 1. The summed E-state index contributed by atoms with van der Waals surface area (Å²) in [5, 5.41) is 10.8. The van der Waals surface area contributed by atoms with Gasteiger partial charge in [0.15, 0.2) is 5.76 Å². The largest absolute Gasteiger partial charge is 0.503 e. The monoisotopic (exact) mass is 403 g/mol. The molecule has 1 aliphatic heterocycles. The highest BCUT2D eigenvalue weighted by Gasteiger charge is 2.42. The van der Waals surface area contributed by atoms with Gasteiger partial charge in [-0.1, -0.05) is 66.2 Å². The van der Waals surface area contributed by atoms with Crippen LogP contribution in [-0.2, 0) is 11.3 Å². The van der Waals surface area contributed by atoms with E-state index in [-0.39, 0.29) is 12.3 Å². The number of ether oxygens (including phenoxy) is 1. The fourth-order valence-electron chi connectivity index (χ4n) is 3.88. The van der Waals surface area contributed by atoms with Gasteiger partial charge in [0.05, 0.1) is 19.7 Å². The Morgan fingerprint density at radius 3 is 2.37 bits per heavy atom. The molecule has 1 heterocycles. The first kappa shape index (κ1) is 19.7. The molecule has 4 rings (SSSR count). The molecule has 0 saturated heterocycles. The number of para-hydroxylation sites is 1. The third-order valence-electron chi connectivity index (χ3n) is 5.40. The lowest BCUT2D eigenvalue weighted by Gasteiger charge is -2.28. The Morgan fingerprint density at radius 2 is 1.67 bits per heavy atom. The molecule has 3 aromatic carbocycles. The minimum absolute atomic E-state index is 0.168. The van der Waals surface area contributed by atoms with Crippen LogP contribution in [-0.4, -0.2) is 23.0 Å². The first-order chi connectivity index (χ1) is 14.5. The second kappa shape index (κ2) is 8.03. The van der Waals surface area contributed by atoms with Crippen LogP contribution < -0.4 is 4.74 Å². The average molecular weight is 403 g/mol. The lowest BCUT2D eigenvalue weighted by atomic mass is 9.92. The van der Waals surface area contributed by atoms with E-state index in [0.29, 0.717) is 22.4 Å². The minimum Gasteiger partial charge on any atom is -0.503 e. The number of aryl methyl sites for hydroxylation is 1. The number of aliphatic hydroxyl groups excluding tert-OH is 1. The van der Waals surface area contributed by atoms with Gasteiger partial charge in [-0.3, -0.25) is 4.79 Å². The molecule has 0 bridgehead atoms. The van der Waals surface area contributed by atoms with Gasteiger partial charge in [0.25, 0.3) is 5.91 Å². The molecule has 0 unspecified atom stereocenters. The summed E-state index contributed by atoms with van der Waals surface area (Å²) in [5.41, 5.74) is 3.24. The summed E-state index contributed by atoms with van der Waals surface area (Å²) in [4.78, 5) is 14.6. The van der Waals surface area contributed by atoms with Crippen LogP contribution in [0.1, 0.15) is 28.3 Å². The molecule has 3 aromatic rings. The number of nitrogens with zero attached hydrogens (tertiary/aromatic N) is 1. The maximum absolute atomic E-state index is 14.8. The zero-order chi connectivity index (χ0) is 21.3.